The molecule has 1 aromatic rings. The lowest BCUT2D eigenvalue weighted by molar-refractivity contribution is 0.318. The van der Waals surface area contributed by atoms with Gasteiger partial charge in [-0.2, -0.15) is 5.26 Å². The zero-order valence-corrected chi connectivity index (χ0v) is 9.69. The summed E-state index contributed by atoms with van der Waals surface area (Å²) in [6, 6.07) is 5.87. The Kier molecular flexibility index (Phi) is 3.40. The summed E-state index contributed by atoms with van der Waals surface area (Å²) in [5.41, 5.74) is 0.684. The quantitative estimate of drug-likeness (QED) is 0.775. The van der Waals surface area contributed by atoms with Crippen LogP contribution in [0.5, 0.6) is 0 Å². The predicted octanol–water partition coefficient (Wildman–Crippen LogP) is 2.58. The summed E-state index contributed by atoms with van der Waals surface area (Å²) >= 11 is 0. The van der Waals surface area contributed by atoms with E-state index >= 15 is 0 Å². The van der Waals surface area contributed by atoms with Gasteiger partial charge in [-0.1, -0.05) is 6.42 Å². The SMILES string of the molecule is CCN(CC1CCC1)c1ncccc1C#N. The van der Waals surface area contributed by atoms with Crippen LogP contribution in [-0.4, -0.2) is 18.1 Å². The van der Waals surface area contributed by atoms with Crippen LogP contribution < -0.4 is 4.90 Å². The van der Waals surface area contributed by atoms with Crippen LogP contribution in [0.2, 0.25) is 0 Å². The van der Waals surface area contributed by atoms with Gasteiger partial charge < -0.3 is 4.90 Å². The molecule has 3 nitrogen and oxygen atoms in total. The van der Waals surface area contributed by atoms with Crippen LogP contribution in [0.25, 0.3) is 0 Å². The van der Waals surface area contributed by atoms with E-state index in [4.69, 9.17) is 5.26 Å². The minimum Gasteiger partial charge on any atom is -0.356 e. The Hall–Kier alpha value is -1.56. The molecule has 0 amide bonds. The van der Waals surface area contributed by atoms with E-state index in [0.29, 0.717) is 5.56 Å². The molecule has 1 aliphatic carbocycles. The van der Waals surface area contributed by atoms with Gasteiger partial charge in [0.2, 0.25) is 0 Å². The third kappa shape index (κ3) is 2.16. The minimum atomic E-state index is 0.684. The number of nitrogens with zero attached hydrogens (tertiary/aromatic N) is 3. The molecule has 0 N–H and O–H groups in total. The van der Waals surface area contributed by atoms with Crippen molar-refractivity contribution in [3.05, 3.63) is 23.9 Å². The molecule has 0 spiro atoms. The van der Waals surface area contributed by atoms with Crippen molar-refractivity contribution >= 4 is 5.82 Å². The van der Waals surface area contributed by atoms with Crippen molar-refractivity contribution in [2.45, 2.75) is 26.2 Å². The van der Waals surface area contributed by atoms with Crippen LogP contribution in [0.1, 0.15) is 31.7 Å². The Labute approximate surface area is 96.7 Å². The largest absolute Gasteiger partial charge is 0.356 e. The first-order valence-electron chi connectivity index (χ1n) is 5.95. The highest BCUT2D eigenvalue weighted by Gasteiger charge is 2.21. The molecule has 1 aromatic heterocycles. The van der Waals surface area contributed by atoms with E-state index in [2.05, 4.69) is 22.9 Å². The van der Waals surface area contributed by atoms with Crippen molar-refractivity contribution in [1.29, 1.82) is 5.26 Å². The van der Waals surface area contributed by atoms with E-state index in [1.54, 1.807) is 6.20 Å². The maximum Gasteiger partial charge on any atom is 0.146 e. The normalized spacial score (nSPS) is 15.2. The fraction of sp³-hybridized carbons (Fsp3) is 0.538. The van der Waals surface area contributed by atoms with Crippen LogP contribution >= 0.6 is 0 Å². The predicted molar refractivity (Wildman–Crippen MR) is 64.2 cm³/mol. The summed E-state index contributed by atoms with van der Waals surface area (Å²) in [5, 5.41) is 9.05. The zero-order valence-electron chi connectivity index (χ0n) is 9.69. The van der Waals surface area contributed by atoms with Crippen LogP contribution in [-0.2, 0) is 0 Å². The van der Waals surface area contributed by atoms with Gasteiger partial charge in [0, 0.05) is 19.3 Å². The standard InChI is InChI=1S/C13H17N3/c1-2-16(10-11-5-3-6-11)13-12(9-14)7-4-8-15-13/h4,7-8,11H,2-3,5-6,10H2,1H3. The fourth-order valence-electron chi connectivity index (χ4n) is 2.09. The molecule has 1 fully saturated rings. The van der Waals surface area contributed by atoms with Gasteiger partial charge in [-0.3, -0.25) is 0 Å². The molecule has 16 heavy (non-hydrogen) atoms. The van der Waals surface area contributed by atoms with E-state index in [1.807, 2.05) is 12.1 Å². The average molecular weight is 215 g/mol. The molecule has 0 radical (unpaired) electrons. The molecule has 84 valence electrons. The Bertz CT molecular complexity index is 390. The minimum absolute atomic E-state index is 0.684. The number of anilines is 1. The van der Waals surface area contributed by atoms with Crippen molar-refractivity contribution in [3.63, 3.8) is 0 Å². The van der Waals surface area contributed by atoms with Gasteiger partial charge >= 0.3 is 0 Å². The van der Waals surface area contributed by atoms with Gasteiger partial charge in [0.05, 0.1) is 5.56 Å². The van der Waals surface area contributed by atoms with Gasteiger partial charge in [-0.25, -0.2) is 4.98 Å². The van der Waals surface area contributed by atoms with Crippen molar-refractivity contribution < 1.29 is 0 Å². The molecule has 0 unspecified atom stereocenters. The Balaban J connectivity index is 2.15. The van der Waals surface area contributed by atoms with Crippen molar-refractivity contribution in [1.82, 2.24) is 4.98 Å². The highest BCUT2D eigenvalue weighted by Crippen LogP contribution is 2.29. The number of aromatic nitrogens is 1. The molecule has 0 saturated heterocycles. The molecular weight excluding hydrogens is 198 g/mol. The van der Waals surface area contributed by atoms with Gasteiger partial charge in [-0.15, -0.1) is 0 Å². The summed E-state index contributed by atoms with van der Waals surface area (Å²) in [6.07, 6.45) is 5.77. The number of rotatable bonds is 4. The summed E-state index contributed by atoms with van der Waals surface area (Å²) in [4.78, 5) is 6.56. The van der Waals surface area contributed by atoms with Gasteiger partial charge in [0.1, 0.15) is 11.9 Å². The zero-order chi connectivity index (χ0) is 11.4. The topological polar surface area (TPSA) is 39.9 Å². The Morgan fingerprint density at radius 1 is 1.56 bits per heavy atom. The monoisotopic (exact) mass is 215 g/mol. The molecule has 0 atom stereocenters. The fourth-order valence-corrected chi connectivity index (χ4v) is 2.09. The number of pyridine rings is 1. The second-order valence-corrected chi connectivity index (χ2v) is 4.32. The van der Waals surface area contributed by atoms with Crippen molar-refractivity contribution in [2.24, 2.45) is 5.92 Å². The molecule has 1 saturated carbocycles. The number of nitriles is 1. The number of hydrogen-bond acceptors (Lipinski definition) is 3. The molecule has 0 bridgehead atoms. The lowest BCUT2D eigenvalue weighted by atomic mass is 9.85. The van der Waals surface area contributed by atoms with E-state index in [9.17, 15) is 0 Å². The summed E-state index contributed by atoms with van der Waals surface area (Å²) in [7, 11) is 0. The molecule has 1 heterocycles. The lowest BCUT2D eigenvalue weighted by Gasteiger charge is -2.32. The highest BCUT2D eigenvalue weighted by molar-refractivity contribution is 5.53. The molecule has 3 heteroatoms. The van der Waals surface area contributed by atoms with Gasteiger partial charge in [-0.05, 0) is 37.8 Å². The maximum atomic E-state index is 9.05. The van der Waals surface area contributed by atoms with Crippen LogP contribution in [0.3, 0.4) is 0 Å². The first kappa shape index (κ1) is 10.9. The highest BCUT2D eigenvalue weighted by atomic mass is 15.2. The summed E-state index contributed by atoms with van der Waals surface area (Å²) in [5.74, 6) is 1.65. The van der Waals surface area contributed by atoms with Crippen LogP contribution in [0, 0.1) is 17.2 Å². The third-order valence-corrected chi connectivity index (χ3v) is 3.29. The summed E-state index contributed by atoms with van der Waals surface area (Å²) < 4.78 is 0. The van der Waals surface area contributed by atoms with Crippen molar-refractivity contribution in [3.8, 4) is 6.07 Å². The third-order valence-electron chi connectivity index (χ3n) is 3.29. The molecule has 1 aliphatic rings. The smallest absolute Gasteiger partial charge is 0.146 e. The molecule has 0 aromatic carbocycles. The first-order chi connectivity index (χ1) is 7.85. The van der Waals surface area contributed by atoms with E-state index in [1.165, 1.54) is 19.3 Å². The maximum absolute atomic E-state index is 9.05. The average Bonchev–Trinajstić information content (AvgIpc) is 2.28. The van der Waals surface area contributed by atoms with Crippen molar-refractivity contribution in [2.75, 3.05) is 18.0 Å². The second kappa shape index (κ2) is 4.98. The van der Waals surface area contributed by atoms with E-state index < -0.39 is 0 Å². The van der Waals surface area contributed by atoms with Crippen LogP contribution in [0.15, 0.2) is 18.3 Å². The number of hydrogen-bond donors (Lipinski definition) is 0. The second-order valence-electron chi connectivity index (χ2n) is 4.32. The van der Waals surface area contributed by atoms with Gasteiger partial charge in [0.15, 0.2) is 0 Å². The first-order valence-corrected chi connectivity index (χ1v) is 5.95. The molecule has 2 rings (SSSR count). The molecular formula is C13H17N3. The Morgan fingerprint density at radius 3 is 2.94 bits per heavy atom. The lowest BCUT2D eigenvalue weighted by Crippen LogP contribution is -2.33. The van der Waals surface area contributed by atoms with E-state index in [0.717, 1.165) is 24.8 Å². The van der Waals surface area contributed by atoms with Crippen LogP contribution in [0.4, 0.5) is 5.82 Å². The van der Waals surface area contributed by atoms with Gasteiger partial charge in [0.25, 0.3) is 0 Å². The van der Waals surface area contributed by atoms with E-state index in [-0.39, 0.29) is 0 Å². The Morgan fingerprint density at radius 2 is 2.38 bits per heavy atom. The molecule has 0 aliphatic heterocycles. The summed E-state index contributed by atoms with van der Waals surface area (Å²) in [6.45, 7) is 4.08.